The average molecular weight is 280 g/mol. The summed E-state index contributed by atoms with van der Waals surface area (Å²) in [4.78, 5) is 4.01. The Kier molecular flexibility index (Phi) is 5.43. The first-order chi connectivity index (χ1) is 9.08. The van der Waals surface area contributed by atoms with E-state index in [0.717, 1.165) is 5.92 Å². The maximum absolute atomic E-state index is 3.55. The minimum atomic E-state index is 0.414. The number of piperidine rings is 1. The van der Waals surface area contributed by atoms with Crippen molar-refractivity contribution < 1.29 is 0 Å². The monoisotopic (exact) mass is 280 g/mol. The molecule has 1 N–H and O–H groups in total. The van der Waals surface area contributed by atoms with Gasteiger partial charge < -0.3 is 10.2 Å². The predicted octanol–water partition coefficient (Wildman–Crippen LogP) is 3.25. The van der Waals surface area contributed by atoms with Gasteiger partial charge in [-0.15, -0.1) is 11.3 Å². The molecular weight excluding hydrogens is 252 g/mol. The van der Waals surface area contributed by atoms with Gasteiger partial charge in [0.25, 0.3) is 0 Å². The fourth-order valence-electron chi connectivity index (χ4n) is 3.18. The van der Waals surface area contributed by atoms with Crippen molar-refractivity contribution in [3.63, 3.8) is 0 Å². The van der Waals surface area contributed by atoms with Gasteiger partial charge in [0.15, 0.2) is 0 Å². The van der Waals surface area contributed by atoms with Crippen LogP contribution in [0, 0.1) is 11.3 Å². The smallest absolute Gasteiger partial charge is 0.00579 e. The summed E-state index contributed by atoms with van der Waals surface area (Å²) in [5.74, 6) is 0.824. The SMILES string of the molecule is CN(CCc1cccs1)CC(C)(C)C1CCCNC1. The molecule has 1 aromatic heterocycles. The van der Waals surface area contributed by atoms with Gasteiger partial charge in [-0.05, 0) is 62.2 Å². The third kappa shape index (κ3) is 4.59. The highest BCUT2D eigenvalue weighted by Crippen LogP contribution is 2.32. The molecule has 1 unspecified atom stereocenters. The van der Waals surface area contributed by atoms with Crippen LogP contribution < -0.4 is 5.32 Å². The maximum atomic E-state index is 3.55. The molecule has 1 aromatic rings. The van der Waals surface area contributed by atoms with Crippen LogP contribution in [0.5, 0.6) is 0 Å². The largest absolute Gasteiger partial charge is 0.316 e. The molecule has 0 amide bonds. The number of nitrogens with zero attached hydrogens (tertiary/aromatic N) is 1. The Morgan fingerprint density at radius 1 is 1.47 bits per heavy atom. The predicted molar refractivity (Wildman–Crippen MR) is 84.9 cm³/mol. The van der Waals surface area contributed by atoms with Crippen LogP contribution in [-0.2, 0) is 6.42 Å². The zero-order valence-corrected chi connectivity index (χ0v) is 13.4. The number of nitrogens with one attached hydrogen (secondary N) is 1. The molecule has 1 atom stereocenters. The van der Waals surface area contributed by atoms with Crippen LogP contribution in [0.25, 0.3) is 0 Å². The lowest BCUT2D eigenvalue weighted by molar-refractivity contribution is 0.115. The second-order valence-electron chi connectivity index (χ2n) is 6.60. The van der Waals surface area contributed by atoms with E-state index in [2.05, 4.69) is 48.6 Å². The van der Waals surface area contributed by atoms with Crippen molar-refractivity contribution in [1.29, 1.82) is 0 Å². The maximum Gasteiger partial charge on any atom is 0.00579 e. The number of likely N-dealkylation sites (N-methyl/N-ethyl adjacent to an activating group) is 1. The Morgan fingerprint density at radius 2 is 2.32 bits per heavy atom. The zero-order chi connectivity index (χ0) is 13.7. The molecule has 0 bridgehead atoms. The second-order valence-corrected chi connectivity index (χ2v) is 7.63. The lowest BCUT2D eigenvalue weighted by atomic mass is 9.74. The summed E-state index contributed by atoms with van der Waals surface area (Å²) in [6.45, 7) is 9.65. The Labute approximate surface area is 122 Å². The molecular formula is C16H28N2S. The van der Waals surface area contributed by atoms with Gasteiger partial charge in [0.2, 0.25) is 0 Å². The molecule has 108 valence electrons. The van der Waals surface area contributed by atoms with Crippen LogP contribution in [0.3, 0.4) is 0 Å². The van der Waals surface area contributed by atoms with E-state index in [0.29, 0.717) is 5.41 Å². The topological polar surface area (TPSA) is 15.3 Å². The van der Waals surface area contributed by atoms with E-state index >= 15 is 0 Å². The standard InChI is InChI=1S/C16H28N2S/c1-16(2,14-6-4-9-17-12-14)13-18(3)10-8-15-7-5-11-19-15/h5,7,11,14,17H,4,6,8-10,12-13H2,1-3H3. The first-order valence-corrected chi connectivity index (χ1v) is 8.37. The third-order valence-electron chi connectivity index (χ3n) is 4.40. The molecule has 0 aromatic carbocycles. The van der Waals surface area contributed by atoms with Crippen molar-refractivity contribution in [2.75, 3.05) is 33.2 Å². The molecule has 0 spiro atoms. The number of hydrogen-bond donors (Lipinski definition) is 1. The van der Waals surface area contributed by atoms with Gasteiger partial charge >= 0.3 is 0 Å². The van der Waals surface area contributed by atoms with Crippen molar-refractivity contribution in [2.24, 2.45) is 11.3 Å². The summed E-state index contributed by atoms with van der Waals surface area (Å²) in [5, 5.41) is 5.73. The molecule has 1 aliphatic heterocycles. The Bertz CT molecular complexity index is 353. The lowest BCUT2D eigenvalue weighted by Gasteiger charge is -2.40. The van der Waals surface area contributed by atoms with Crippen LogP contribution in [0.2, 0.25) is 0 Å². The van der Waals surface area contributed by atoms with E-state index in [1.807, 2.05) is 11.3 Å². The molecule has 0 saturated carbocycles. The van der Waals surface area contributed by atoms with Crippen molar-refractivity contribution in [2.45, 2.75) is 33.1 Å². The quantitative estimate of drug-likeness (QED) is 0.860. The summed E-state index contributed by atoms with van der Waals surface area (Å²) >= 11 is 1.87. The molecule has 1 saturated heterocycles. The van der Waals surface area contributed by atoms with E-state index in [1.54, 1.807) is 0 Å². The highest BCUT2D eigenvalue weighted by molar-refractivity contribution is 7.09. The van der Waals surface area contributed by atoms with E-state index in [4.69, 9.17) is 0 Å². The summed E-state index contributed by atoms with van der Waals surface area (Å²) in [6, 6.07) is 4.40. The van der Waals surface area contributed by atoms with E-state index in [9.17, 15) is 0 Å². The average Bonchev–Trinajstić information content (AvgIpc) is 2.90. The number of hydrogen-bond acceptors (Lipinski definition) is 3. The van der Waals surface area contributed by atoms with E-state index in [1.165, 1.54) is 50.3 Å². The summed E-state index contributed by atoms with van der Waals surface area (Å²) in [5.41, 5.74) is 0.414. The highest BCUT2D eigenvalue weighted by atomic mass is 32.1. The van der Waals surface area contributed by atoms with Gasteiger partial charge in [-0.3, -0.25) is 0 Å². The fraction of sp³-hybridized carbons (Fsp3) is 0.750. The fourth-order valence-corrected chi connectivity index (χ4v) is 3.88. The van der Waals surface area contributed by atoms with Gasteiger partial charge in [-0.1, -0.05) is 19.9 Å². The first-order valence-electron chi connectivity index (χ1n) is 7.49. The minimum absolute atomic E-state index is 0.414. The van der Waals surface area contributed by atoms with E-state index in [-0.39, 0.29) is 0 Å². The molecule has 0 aliphatic carbocycles. The van der Waals surface area contributed by atoms with Crippen LogP contribution in [0.15, 0.2) is 17.5 Å². The van der Waals surface area contributed by atoms with Crippen molar-refractivity contribution in [3.8, 4) is 0 Å². The molecule has 1 aliphatic rings. The van der Waals surface area contributed by atoms with E-state index < -0.39 is 0 Å². The van der Waals surface area contributed by atoms with Crippen LogP contribution >= 0.6 is 11.3 Å². The number of rotatable bonds is 6. The minimum Gasteiger partial charge on any atom is -0.316 e. The molecule has 3 heteroatoms. The lowest BCUT2D eigenvalue weighted by Crippen LogP contribution is -2.44. The Hall–Kier alpha value is -0.380. The van der Waals surface area contributed by atoms with Gasteiger partial charge in [-0.25, -0.2) is 0 Å². The Morgan fingerprint density at radius 3 is 2.95 bits per heavy atom. The highest BCUT2D eigenvalue weighted by Gasteiger charge is 2.31. The molecule has 19 heavy (non-hydrogen) atoms. The summed E-state index contributed by atoms with van der Waals surface area (Å²) < 4.78 is 0. The van der Waals surface area contributed by atoms with Gasteiger partial charge in [0, 0.05) is 18.0 Å². The summed E-state index contributed by atoms with van der Waals surface area (Å²) in [7, 11) is 2.27. The van der Waals surface area contributed by atoms with Crippen molar-refractivity contribution >= 4 is 11.3 Å². The molecule has 0 radical (unpaired) electrons. The third-order valence-corrected chi connectivity index (χ3v) is 5.34. The van der Waals surface area contributed by atoms with Crippen LogP contribution in [0.4, 0.5) is 0 Å². The first kappa shape index (κ1) is 15.0. The van der Waals surface area contributed by atoms with Crippen molar-refractivity contribution in [3.05, 3.63) is 22.4 Å². The molecule has 1 fully saturated rings. The Balaban J connectivity index is 1.77. The van der Waals surface area contributed by atoms with Crippen LogP contribution in [-0.4, -0.2) is 38.1 Å². The molecule has 2 nitrogen and oxygen atoms in total. The normalized spacial score (nSPS) is 20.9. The van der Waals surface area contributed by atoms with Crippen molar-refractivity contribution in [1.82, 2.24) is 10.2 Å². The second kappa shape index (κ2) is 6.87. The molecule has 2 heterocycles. The molecule has 2 rings (SSSR count). The van der Waals surface area contributed by atoms with Gasteiger partial charge in [0.1, 0.15) is 0 Å². The van der Waals surface area contributed by atoms with Gasteiger partial charge in [-0.2, -0.15) is 0 Å². The number of thiophene rings is 1. The van der Waals surface area contributed by atoms with Crippen LogP contribution in [0.1, 0.15) is 31.6 Å². The van der Waals surface area contributed by atoms with Gasteiger partial charge in [0.05, 0.1) is 0 Å². The summed E-state index contributed by atoms with van der Waals surface area (Å²) in [6.07, 6.45) is 3.92. The zero-order valence-electron chi connectivity index (χ0n) is 12.6.